The molecule has 5 nitrogen and oxygen atoms in total. The van der Waals surface area contributed by atoms with E-state index in [1.54, 1.807) is 12.7 Å². The first-order chi connectivity index (χ1) is 6.95. The fourth-order valence-corrected chi connectivity index (χ4v) is 1.92. The van der Waals surface area contributed by atoms with Gasteiger partial charge in [-0.1, -0.05) is 9.98 Å². The summed E-state index contributed by atoms with van der Waals surface area (Å²) >= 11 is 0. The van der Waals surface area contributed by atoms with E-state index in [1.165, 1.54) is 12.8 Å². The second-order valence-electron chi connectivity index (χ2n) is 3.49. The van der Waals surface area contributed by atoms with Crippen LogP contribution < -0.4 is 15.2 Å². The maximum absolute atomic E-state index is 4.30. The fraction of sp³-hybridized carbons (Fsp3) is 0.444. The highest BCUT2D eigenvalue weighted by Gasteiger charge is 2.26. The van der Waals surface area contributed by atoms with E-state index in [2.05, 4.69) is 25.2 Å². The summed E-state index contributed by atoms with van der Waals surface area (Å²) in [4.78, 5) is 14.8. The first-order valence-corrected chi connectivity index (χ1v) is 4.84. The van der Waals surface area contributed by atoms with Gasteiger partial charge in [0.15, 0.2) is 12.1 Å². The molecule has 0 spiro atoms. The molecule has 14 heavy (non-hydrogen) atoms. The van der Waals surface area contributed by atoms with Crippen molar-refractivity contribution >= 4 is 23.7 Å². The molecule has 71 valence electrons. The van der Waals surface area contributed by atoms with Crippen LogP contribution in [0, 0.1) is 0 Å². The standard InChI is InChI=1S/C9H11N5/c1-2-4-14(3-1)9-7-8(11-5-10-7)12-6-13-9/h5-6,10H,1-4H2/q+1. The van der Waals surface area contributed by atoms with Crippen molar-refractivity contribution in [2.24, 2.45) is 0 Å². The van der Waals surface area contributed by atoms with Crippen LogP contribution in [0.1, 0.15) is 12.8 Å². The van der Waals surface area contributed by atoms with Gasteiger partial charge < -0.3 is 4.90 Å². The lowest BCUT2D eigenvalue weighted by Crippen LogP contribution is -2.20. The van der Waals surface area contributed by atoms with Crippen molar-refractivity contribution in [1.29, 1.82) is 0 Å². The van der Waals surface area contributed by atoms with Gasteiger partial charge in [0.1, 0.15) is 0 Å². The first kappa shape index (κ1) is 7.73. The highest BCUT2D eigenvalue weighted by Crippen LogP contribution is 2.31. The Bertz CT molecular complexity index is 381. The molecule has 1 saturated heterocycles. The largest absolute Gasteiger partial charge is 0.353 e. The zero-order valence-corrected chi connectivity index (χ0v) is 7.77. The zero-order valence-electron chi connectivity index (χ0n) is 7.77. The number of aromatic nitrogens is 2. The smallest absolute Gasteiger partial charge is 0.341 e. The van der Waals surface area contributed by atoms with Gasteiger partial charge in [0, 0.05) is 13.1 Å². The summed E-state index contributed by atoms with van der Waals surface area (Å²) in [6.07, 6.45) is 5.75. The van der Waals surface area contributed by atoms with Crippen LogP contribution in [0.15, 0.2) is 6.33 Å². The number of hydrogen-bond donors (Lipinski definition) is 1. The van der Waals surface area contributed by atoms with Crippen molar-refractivity contribution in [3.8, 4) is 0 Å². The quantitative estimate of drug-likeness (QED) is 0.699. The molecule has 0 saturated carbocycles. The van der Waals surface area contributed by atoms with Crippen LogP contribution >= 0.6 is 0 Å². The Morgan fingerprint density at radius 1 is 1.29 bits per heavy atom. The highest BCUT2D eigenvalue weighted by atomic mass is 15.2. The highest BCUT2D eigenvalue weighted by molar-refractivity contribution is 5.93. The Hall–Kier alpha value is -1.65. The second-order valence-corrected chi connectivity index (χ2v) is 3.49. The molecule has 0 amide bonds. The molecule has 0 aromatic carbocycles. The second kappa shape index (κ2) is 2.94. The summed E-state index contributed by atoms with van der Waals surface area (Å²) < 4.78 is 0. The summed E-state index contributed by atoms with van der Waals surface area (Å²) in [5.74, 6) is 1.74. The third-order valence-corrected chi connectivity index (χ3v) is 2.61. The van der Waals surface area contributed by atoms with Crippen LogP contribution in [0.5, 0.6) is 0 Å². The summed E-state index contributed by atoms with van der Waals surface area (Å²) in [5.41, 5.74) is 0.953. The van der Waals surface area contributed by atoms with Crippen LogP contribution in [0.25, 0.3) is 0 Å². The minimum absolute atomic E-state index is 0.752. The van der Waals surface area contributed by atoms with Crippen LogP contribution in [0.3, 0.4) is 0 Å². The minimum Gasteiger partial charge on any atom is -0.353 e. The van der Waals surface area contributed by atoms with Crippen molar-refractivity contribution < 1.29 is 0 Å². The van der Waals surface area contributed by atoms with Crippen molar-refractivity contribution in [1.82, 2.24) is 15.0 Å². The van der Waals surface area contributed by atoms with Crippen LogP contribution in [0.4, 0.5) is 17.3 Å². The van der Waals surface area contributed by atoms with Crippen LogP contribution in [-0.4, -0.2) is 29.4 Å². The van der Waals surface area contributed by atoms with Gasteiger partial charge in [-0.05, 0) is 12.8 Å². The van der Waals surface area contributed by atoms with E-state index >= 15 is 0 Å². The molecule has 0 atom stereocenters. The number of anilines is 2. The molecule has 0 bridgehead atoms. The van der Waals surface area contributed by atoms with Gasteiger partial charge in [-0.3, -0.25) is 5.32 Å². The van der Waals surface area contributed by atoms with Crippen molar-refractivity contribution in [2.45, 2.75) is 12.8 Å². The predicted molar refractivity (Wildman–Crippen MR) is 55.0 cm³/mol. The van der Waals surface area contributed by atoms with Gasteiger partial charge in [-0.2, -0.15) is 4.98 Å². The van der Waals surface area contributed by atoms with E-state index in [-0.39, 0.29) is 0 Å². The van der Waals surface area contributed by atoms with E-state index in [4.69, 9.17) is 0 Å². The summed E-state index contributed by atoms with van der Waals surface area (Å²) in [5, 5.41) is 3.09. The molecular formula is C9H11N5+. The monoisotopic (exact) mass is 189 g/mol. The lowest BCUT2D eigenvalue weighted by Gasteiger charge is -2.15. The van der Waals surface area contributed by atoms with E-state index in [0.29, 0.717) is 0 Å². The van der Waals surface area contributed by atoms with Gasteiger partial charge >= 0.3 is 5.82 Å². The Labute approximate surface area is 81.9 Å². The van der Waals surface area contributed by atoms with Gasteiger partial charge in [0.2, 0.25) is 12.0 Å². The molecule has 2 aliphatic rings. The Kier molecular flexibility index (Phi) is 1.62. The molecule has 1 N–H and O–H groups in total. The average molecular weight is 189 g/mol. The fourth-order valence-electron chi connectivity index (χ4n) is 1.92. The van der Waals surface area contributed by atoms with E-state index in [9.17, 15) is 0 Å². The van der Waals surface area contributed by atoms with Crippen molar-refractivity contribution in [3.05, 3.63) is 6.33 Å². The van der Waals surface area contributed by atoms with Crippen LogP contribution in [-0.2, 0) is 0 Å². The Morgan fingerprint density at radius 3 is 3.00 bits per heavy atom. The molecule has 2 aliphatic heterocycles. The average Bonchev–Trinajstić information content (AvgIpc) is 2.88. The number of nitrogens with one attached hydrogen (secondary N) is 1. The molecule has 0 unspecified atom stereocenters. The number of hydrogen-bond acceptors (Lipinski definition) is 5. The molecule has 1 fully saturated rings. The molecule has 5 heteroatoms. The Morgan fingerprint density at radius 2 is 2.14 bits per heavy atom. The molecule has 1 radical (unpaired) electrons. The lowest BCUT2D eigenvalue weighted by molar-refractivity contribution is 0.930. The predicted octanol–water partition coefficient (Wildman–Crippen LogP) is 0.498. The minimum atomic E-state index is 0.752. The maximum Gasteiger partial charge on any atom is 0.341 e. The summed E-state index contributed by atoms with van der Waals surface area (Å²) in [6, 6.07) is 0. The molecule has 3 rings (SSSR count). The number of rotatable bonds is 1. The summed E-state index contributed by atoms with van der Waals surface area (Å²) in [6.45, 7) is 2.18. The number of aliphatic imine (C=N–C) groups is 1. The third kappa shape index (κ3) is 1.05. The summed E-state index contributed by atoms with van der Waals surface area (Å²) in [7, 11) is 0. The molecule has 1 aromatic heterocycles. The Balaban J connectivity index is 2.02. The molecule has 3 heterocycles. The van der Waals surface area contributed by atoms with E-state index < -0.39 is 0 Å². The van der Waals surface area contributed by atoms with E-state index in [0.717, 1.165) is 30.4 Å². The molecular weight excluding hydrogens is 178 g/mol. The van der Waals surface area contributed by atoms with Crippen molar-refractivity contribution in [3.63, 3.8) is 0 Å². The van der Waals surface area contributed by atoms with Gasteiger partial charge in [0.25, 0.3) is 0 Å². The lowest BCUT2D eigenvalue weighted by atomic mass is 10.4. The van der Waals surface area contributed by atoms with Gasteiger partial charge in [-0.25, -0.2) is 0 Å². The third-order valence-electron chi connectivity index (χ3n) is 2.61. The normalized spacial score (nSPS) is 18.4. The topological polar surface area (TPSA) is 55.2 Å². The molecule has 1 aromatic rings. The van der Waals surface area contributed by atoms with Gasteiger partial charge in [-0.15, -0.1) is 0 Å². The number of nitrogens with zero attached hydrogens (tertiary/aromatic N) is 4. The van der Waals surface area contributed by atoms with Crippen LogP contribution in [0.2, 0.25) is 0 Å². The van der Waals surface area contributed by atoms with E-state index in [1.807, 2.05) is 0 Å². The maximum atomic E-state index is 4.30. The zero-order chi connectivity index (χ0) is 9.38. The SMILES string of the molecule is C1=[N+]c2ncnc(N3CCCC3)c2N1. The van der Waals surface area contributed by atoms with Crippen molar-refractivity contribution in [2.75, 3.05) is 23.3 Å². The molecule has 0 aliphatic carbocycles. The first-order valence-electron chi connectivity index (χ1n) is 4.84. The number of fused-ring (bicyclic) bond motifs is 1. The van der Waals surface area contributed by atoms with Gasteiger partial charge in [0.05, 0.1) is 0 Å².